The smallest absolute Gasteiger partial charge is 0.225 e. The average Bonchev–Trinajstić information content (AvgIpc) is 2.19. The second-order valence-corrected chi connectivity index (χ2v) is 3.72. The van der Waals surface area contributed by atoms with Crippen molar-refractivity contribution in [2.75, 3.05) is 5.32 Å². The molecule has 0 atom stereocenters. The van der Waals surface area contributed by atoms with Gasteiger partial charge in [0.25, 0.3) is 0 Å². The van der Waals surface area contributed by atoms with Gasteiger partial charge in [-0.2, -0.15) is 0 Å². The fourth-order valence-corrected chi connectivity index (χ4v) is 1.46. The zero-order valence-corrected chi connectivity index (χ0v) is 9.71. The first kappa shape index (κ1) is 12.0. The van der Waals surface area contributed by atoms with Crippen LogP contribution in [-0.2, 0) is 4.79 Å². The molecule has 3 N–H and O–H groups in total. The normalized spacial score (nSPS) is 9.20. The number of anilines is 1. The Morgan fingerprint density at radius 3 is 2.73 bits per heavy atom. The molecule has 4 nitrogen and oxygen atoms in total. The molecular formula is C8H7Cl2N3OS. The lowest BCUT2D eigenvalue weighted by molar-refractivity contribution is -0.110. The number of hydrazine groups is 1. The molecule has 1 aromatic rings. The van der Waals surface area contributed by atoms with Gasteiger partial charge in [0.05, 0.1) is 10.7 Å². The number of thiocarbonyl (C=S) groups is 1. The molecule has 0 unspecified atom stereocenters. The van der Waals surface area contributed by atoms with E-state index in [1.807, 2.05) is 0 Å². The Hall–Kier alpha value is -1.04. The van der Waals surface area contributed by atoms with Crippen molar-refractivity contribution in [3.63, 3.8) is 0 Å². The molecule has 0 saturated carbocycles. The summed E-state index contributed by atoms with van der Waals surface area (Å²) in [6, 6.07) is 4.94. The molecule has 7 heteroatoms. The van der Waals surface area contributed by atoms with Crippen molar-refractivity contribution in [3.8, 4) is 0 Å². The molecule has 0 saturated heterocycles. The van der Waals surface area contributed by atoms with Crippen LogP contribution >= 0.6 is 35.4 Å². The molecule has 0 aliphatic carbocycles. The van der Waals surface area contributed by atoms with E-state index in [1.54, 1.807) is 18.2 Å². The molecule has 0 spiro atoms. The number of rotatable bonds is 3. The molecule has 15 heavy (non-hydrogen) atoms. The number of amides is 1. The number of carbonyl (C=O) groups is 1. The number of hydrogen-bond acceptors (Lipinski definition) is 2. The van der Waals surface area contributed by atoms with E-state index < -0.39 is 0 Å². The predicted octanol–water partition coefficient (Wildman–Crippen LogP) is 1.94. The van der Waals surface area contributed by atoms with Crippen LogP contribution in [0.2, 0.25) is 10.0 Å². The van der Waals surface area contributed by atoms with Crippen LogP contribution in [0.15, 0.2) is 18.2 Å². The monoisotopic (exact) mass is 263 g/mol. The van der Waals surface area contributed by atoms with Crippen LogP contribution in [0.3, 0.4) is 0 Å². The van der Waals surface area contributed by atoms with E-state index in [1.165, 1.54) is 0 Å². The number of hydrogen-bond donors (Lipinski definition) is 3. The summed E-state index contributed by atoms with van der Waals surface area (Å²) in [5.74, 6) is 0. The van der Waals surface area contributed by atoms with Gasteiger partial charge in [0.2, 0.25) is 6.41 Å². The van der Waals surface area contributed by atoms with Gasteiger partial charge in [-0.3, -0.25) is 15.6 Å². The van der Waals surface area contributed by atoms with Crippen LogP contribution in [0.1, 0.15) is 0 Å². The summed E-state index contributed by atoms with van der Waals surface area (Å²) in [6.07, 6.45) is 0.470. The van der Waals surface area contributed by atoms with Crippen molar-refractivity contribution in [1.29, 1.82) is 0 Å². The van der Waals surface area contributed by atoms with E-state index in [9.17, 15) is 4.79 Å². The van der Waals surface area contributed by atoms with Gasteiger partial charge >= 0.3 is 0 Å². The molecule has 0 heterocycles. The van der Waals surface area contributed by atoms with Crippen LogP contribution in [0.5, 0.6) is 0 Å². The average molecular weight is 264 g/mol. The highest BCUT2D eigenvalue weighted by atomic mass is 35.5. The summed E-state index contributed by atoms with van der Waals surface area (Å²) in [5, 5.41) is 3.99. The fraction of sp³-hybridized carbons (Fsp3) is 0. The second kappa shape index (κ2) is 5.75. The molecule has 80 valence electrons. The summed E-state index contributed by atoms with van der Waals surface area (Å²) >= 11 is 16.5. The Balaban J connectivity index is 2.64. The Bertz CT molecular complexity index is 386. The van der Waals surface area contributed by atoms with Gasteiger partial charge in [-0.15, -0.1) is 0 Å². The fourth-order valence-electron chi connectivity index (χ4n) is 0.839. The van der Waals surface area contributed by atoms with E-state index in [2.05, 4.69) is 16.2 Å². The second-order valence-electron chi connectivity index (χ2n) is 2.47. The van der Waals surface area contributed by atoms with Crippen molar-refractivity contribution in [3.05, 3.63) is 28.2 Å². The molecule has 1 aromatic carbocycles. The van der Waals surface area contributed by atoms with Gasteiger partial charge < -0.3 is 5.32 Å². The lowest BCUT2D eigenvalue weighted by Gasteiger charge is -2.10. The van der Waals surface area contributed by atoms with Gasteiger partial charge in [0, 0.05) is 5.02 Å². The summed E-state index contributed by atoms with van der Waals surface area (Å²) < 4.78 is 0. The summed E-state index contributed by atoms with van der Waals surface area (Å²) in [7, 11) is 0. The van der Waals surface area contributed by atoms with Gasteiger partial charge in [-0.1, -0.05) is 23.2 Å². The van der Waals surface area contributed by atoms with Gasteiger partial charge in [-0.05, 0) is 30.4 Å². The zero-order valence-electron chi connectivity index (χ0n) is 7.38. The minimum Gasteiger partial charge on any atom is -0.330 e. The summed E-state index contributed by atoms with van der Waals surface area (Å²) in [5.41, 5.74) is 5.23. The Labute approximate surface area is 102 Å². The predicted molar refractivity (Wildman–Crippen MR) is 65.0 cm³/mol. The minimum absolute atomic E-state index is 0.228. The third kappa shape index (κ3) is 3.91. The molecule has 0 aliphatic rings. The quantitative estimate of drug-likeness (QED) is 0.443. The van der Waals surface area contributed by atoms with Crippen molar-refractivity contribution < 1.29 is 4.79 Å². The third-order valence-corrected chi connectivity index (χ3v) is 2.18. The van der Waals surface area contributed by atoms with Gasteiger partial charge in [0.15, 0.2) is 5.11 Å². The van der Waals surface area contributed by atoms with Crippen molar-refractivity contribution >= 4 is 52.6 Å². The van der Waals surface area contributed by atoms with Crippen molar-refractivity contribution in [2.45, 2.75) is 0 Å². The Morgan fingerprint density at radius 2 is 2.13 bits per heavy atom. The SMILES string of the molecule is O=CNNC(=S)Nc1ccc(Cl)cc1Cl. The molecule has 0 fully saturated rings. The highest BCUT2D eigenvalue weighted by molar-refractivity contribution is 7.80. The molecule has 0 radical (unpaired) electrons. The van der Waals surface area contributed by atoms with E-state index in [0.717, 1.165) is 0 Å². The largest absolute Gasteiger partial charge is 0.330 e. The lowest BCUT2D eigenvalue weighted by atomic mass is 10.3. The maximum Gasteiger partial charge on any atom is 0.225 e. The third-order valence-electron chi connectivity index (χ3n) is 1.42. The maximum absolute atomic E-state index is 9.97. The van der Waals surface area contributed by atoms with Crippen LogP contribution in [-0.4, -0.2) is 11.5 Å². The van der Waals surface area contributed by atoms with Crippen LogP contribution in [0.4, 0.5) is 5.69 Å². The van der Waals surface area contributed by atoms with Crippen molar-refractivity contribution in [1.82, 2.24) is 10.9 Å². The van der Waals surface area contributed by atoms with Crippen LogP contribution in [0, 0.1) is 0 Å². The first-order valence-electron chi connectivity index (χ1n) is 3.84. The molecule has 1 rings (SSSR count). The zero-order chi connectivity index (χ0) is 11.3. The topological polar surface area (TPSA) is 53.2 Å². The van der Waals surface area contributed by atoms with E-state index in [4.69, 9.17) is 35.4 Å². The maximum atomic E-state index is 9.97. The van der Waals surface area contributed by atoms with Gasteiger partial charge in [-0.25, -0.2) is 0 Å². The van der Waals surface area contributed by atoms with Crippen LogP contribution < -0.4 is 16.2 Å². The Kier molecular flexibility index (Phi) is 4.61. The van der Waals surface area contributed by atoms with E-state index in [0.29, 0.717) is 22.1 Å². The van der Waals surface area contributed by atoms with E-state index >= 15 is 0 Å². The van der Waals surface area contributed by atoms with Crippen molar-refractivity contribution in [2.24, 2.45) is 0 Å². The number of halogens is 2. The lowest BCUT2D eigenvalue weighted by Crippen LogP contribution is -2.39. The molecule has 0 aromatic heterocycles. The highest BCUT2D eigenvalue weighted by Crippen LogP contribution is 2.25. The molecule has 1 amide bonds. The molecular weight excluding hydrogens is 257 g/mol. The number of nitrogens with one attached hydrogen (secondary N) is 3. The van der Waals surface area contributed by atoms with E-state index in [-0.39, 0.29) is 5.11 Å². The number of benzene rings is 1. The number of carbonyl (C=O) groups excluding carboxylic acids is 1. The first-order valence-corrected chi connectivity index (χ1v) is 5.01. The first-order chi connectivity index (χ1) is 7.13. The minimum atomic E-state index is 0.228. The summed E-state index contributed by atoms with van der Waals surface area (Å²) in [6.45, 7) is 0. The summed E-state index contributed by atoms with van der Waals surface area (Å²) in [4.78, 5) is 9.97. The Morgan fingerprint density at radius 1 is 1.40 bits per heavy atom. The molecule has 0 bridgehead atoms. The molecule has 0 aliphatic heterocycles. The standard InChI is InChI=1S/C8H7Cl2N3OS/c9-5-1-2-7(6(10)3-5)12-8(15)13-11-4-14/h1-4H,(H,11,14)(H2,12,13,15). The highest BCUT2D eigenvalue weighted by Gasteiger charge is 2.02. The van der Waals surface area contributed by atoms with Crippen LogP contribution in [0.25, 0.3) is 0 Å². The van der Waals surface area contributed by atoms with Gasteiger partial charge in [0.1, 0.15) is 0 Å².